The van der Waals surface area contributed by atoms with E-state index in [1.165, 1.54) is 0 Å². The smallest absolute Gasteiger partial charge is 0.251 e. The summed E-state index contributed by atoms with van der Waals surface area (Å²) >= 11 is 0. The summed E-state index contributed by atoms with van der Waals surface area (Å²) < 4.78 is 0. The molecule has 0 spiro atoms. The summed E-state index contributed by atoms with van der Waals surface area (Å²) in [7, 11) is 3.90. The summed E-state index contributed by atoms with van der Waals surface area (Å²) in [5.74, 6) is 1.26. The second-order valence-electron chi connectivity index (χ2n) is 5.88. The molecule has 2 rings (SSSR count). The van der Waals surface area contributed by atoms with Gasteiger partial charge in [0.2, 0.25) is 5.95 Å². The van der Waals surface area contributed by atoms with Gasteiger partial charge in [0.25, 0.3) is 5.91 Å². The molecule has 0 radical (unpaired) electrons. The Morgan fingerprint density at radius 3 is 2.64 bits per heavy atom. The van der Waals surface area contributed by atoms with Gasteiger partial charge >= 0.3 is 0 Å². The first-order valence-electron chi connectivity index (χ1n) is 8.38. The van der Waals surface area contributed by atoms with E-state index in [9.17, 15) is 4.79 Å². The summed E-state index contributed by atoms with van der Waals surface area (Å²) in [6.07, 6.45) is 0. The van der Waals surface area contributed by atoms with Crippen molar-refractivity contribution in [3.63, 3.8) is 0 Å². The van der Waals surface area contributed by atoms with Gasteiger partial charge in [-0.05, 0) is 32.0 Å². The highest BCUT2D eigenvalue weighted by atomic mass is 16.1. The van der Waals surface area contributed by atoms with E-state index in [4.69, 9.17) is 0 Å². The lowest BCUT2D eigenvalue weighted by Crippen LogP contribution is -2.29. The summed E-state index contributed by atoms with van der Waals surface area (Å²) in [6.45, 7) is 5.78. The molecule has 3 N–H and O–H groups in total. The topological polar surface area (TPSA) is 82.2 Å². The zero-order valence-electron chi connectivity index (χ0n) is 15.3. The number of carbonyl (C=O) groups excluding carboxylic acids is 1. The Labute approximate surface area is 148 Å². The van der Waals surface area contributed by atoms with Crippen molar-refractivity contribution in [2.24, 2.45) is 0 Å². The van der Waals surface area contributed by atoms with Gasteiger partial charge in [0.1, 0.15) is 5.82 Å². The summed E-state index contributed by atoms with van der Waals surface area (Å²) in [6, 6.07) is 9.42. The number of carbonyl (C=O) groups is 1. The van der Waals surface area contributed by atoms with Crippen molar-refractivity contribution in [1.82, 2.24) is 15.3 Å². The number of amides is 1. The van der Waals surface area contributed by atoms with Crippen LogP contribution in [0.4, 0.5) is 17.5 Å². The molecule has 0 aliphatic rings. The van der Waals surface area contributed by atoms with Crippen LogP contribution in [0.3, 0.4) is 0 Å². The minimum atomic E-state index is -0.0935. The van der Waals surface area contributed by atoms with E-state index in [1.807, 2.05) is 63.2 Å². The zero-order valence-corrected chi connectivity index (χ0v) is 15.3. The molecule has 7 nitrogen and oxygen atoms in total. The lowest BCUT2D eigenvalue weighted by Gasteiger charge is -2.13. The highest BCUT2D eigenvalue weighted by molar-refractivity contribution is 5.95. The molecule has 0 saturated heterocycles. The van der Waals surface area contributed by atoms with E-state index in [-0.39, 0.29) is 5.91 Å². The Morgan fingerprint density at radius 1 is 1.12 bits per heavy atom. The monoisotopic (exact) mass is 342 g/mol. The maximum absolute atomic E-state index is 12.2. The maximum Gasteiger partial charge on any atom is 0.251 e. The average molecular weight is 342 g/mol. The third-order valence-electron chi connectivity index (χ3n) is 3.53. The fourth-order valence-corrected chi connectivity index (χ4v) is 2.30. The van der Waals surface area contributed by atoms with Gasteiger partial charge < -0.3 is 20.9 Å². The molecular weight excluding hydrogens is 316 g/mol. The Kier molecular flexibility index (Phi) is 6.56. The largest absolute Gasteiger partial charge is 0.378 e. The molecule has 1 amide bonds. The highest BCUT2D eigenvalue weighted by Gasteiger charge is 2.07. The predicted octanol–water partition coefficient (Wildman–Crippen LogP) is 2.12. The van der Waals surface area contributed by atoms with Gasteiger partial charge in [0, 0.05) is 56.7 Å². The fraction of sp³-hybridized carbons (Fsp3) is 0.389. The van der Waals surface area contributed by atoms with Crippen molar-refractivity contribution < 1.29 is 4.79 Å². The van der Waals surface area contributed by atoms with Gasteiger partial charge in [-0.25, -0.2) is 4.98 Å². The Hall–Kier alpha value is -2.83. The van der Waals surface area contributed by atoms with Crippen LogP contribution in [0.15, 0.2) is 30.3 Å². The van der Waals surface area contributed by atoms with E-state index < -0.39 is 0 Å². The third-order valence-corrected chi connectivity index (χ3v) is 3.53. The molecule has 0 unspecified atom stereocenters. The second kappa shape index (κ2) is 8.86. The van der Waals surface area contributed by atoms with Crippen LogP contribution in [0.1, 0.15) is 23.0 Å². The quantitative estimate of drug-likeness (QED) is 0.638. The number of rotatable bonds is 8. The highest BCUT2D eigenvalue weighted by Crippen LogP contribution is 2.13. The van der Waals surface area contributed by atoms with Crippen molar-refractivity contribution in [2.45, 2.75) is 13.8 Å². The molecule has 1 aromatic heterocycles. The SMILES string of the molecule is CCNc1cc(C)nc(NCCNC(=O)c2cccc(N(C)C)c2)n1. The van der Waals surface area contributed by atoms with Crippen molar-refractivity contribution in [1.29, 1.82) is 0 Å². The number of nitrogens with one attached hydrogen (secondary N) is 3. The molecule has 0 bridgehead atoms. The second-order valence-corrected chi connectivity index (χ2v) is 5.88. The van der Waals surface area contributed by atoms with Crippen LogP contribution in [0.25, 0.3) is 0 Å². The zero-order chi connectivity index (χ0) is 18.2. The van der Waals surface area contributed by atoms with E-state index in [1.54, 1.807) is 0 Å². The van der Waals surface area contributed by atoms with Gasteiger partial charge in [-0.15, -0.1) is 0 Å². The molecule has 0 atom stereocenters. The van der Waals surface area contributed by atoms with Gasteiger partial charge in [0.15, 0.2) is 0 Å². The fourth-order valence-electron chi connectivity index (χ4n) is 2.30. The first kappa shape index (κ1) is 18.5. The number of nitrogens with zero attached hydrogens (tertiary/aromatic N) is 3. The number of aryl methyl sites for hydroxylation is 1. The molecule has 0 aliphatic heterocycles. The number of anilines is 3. The summed E-state index contributed by atoms with van der Waals surface area (Å²) in [4.78, 5) is 22.9. The Bertz CT molecular complexity index is 716. The number of benzene rings is 1. The molecule has 0 fully saturated rings. The first-order chi connectivity index (χ1) is 12.0. The predicted molar refractivity (Wildman–Crippen MR) is 103 cm³/mol. The summed E-state index contributed by atoms with van der Waals surface area (Å²) in [5, 5.41) is 9.20. The van der Waals surface area contributed by atoms with Crippen LogP contribution in [-0.4, -0.2) is 49.6 Å². The molecule has 0 aliphatic carbocycles. The van der Waals surface area contributed by atoms with Crippen LogP contribution in [0.5, 0.6) is 0 Å². The van der Waals surface area contributed by atoms with E-state index in [2.05, 4.69) is 25.9 Å². The van der Waals surface area contributed by atoms with E-state index in [0.717, 1.165) is 23.7 Å². The molecule has 2 aromatic rings. The number of hydrogen-bond donors (Lipinski definition) is 3. The standard InChI is InChI=1S/C18H26N6O/c1-5-19-16-11-13(2)22-18(23-16)21-10-9-20-17(25)14-7-6-8-15(12-14)24(3)4/h6-8,11-12H,5,9-10H2,1-4H3,(H,20,25)(H2,19,21,22,23). The number of hydrogen-bond acceptors (Lipinski definition) is 6. The van der Waals surface area contributed by atoms with Gasteiger partial charge in [0.05, 0.1) is 0 Å². The molecule has 1 aromatic carbocycles. The van der Waals surface area contributed by atoms with Crippen LogP contribution in [0.2, 0.25) is 0 Å². The van der Waals surface area contributed by atoms with Crippen LogP contribution in [-0.2, 0) is 0 Å². The van der Waals surface area contributed by atoms with Crippen molar-refractivity contribution in [3.05, 3.63) is 41.6 Å². The van der Waals surface area contributed by atoms with E-state index >= 15 is 0 Å². The molecule has 0 saturated carbocycles. The maximum atomic E-state index is 12.2. The van der Waals surface area contributed by atoms with Crippen LogP contribution < -0.4 is 20.9 Å². The lowest BCUT2D eigenvalue weighted by atomic mass is 10.2. The number of aromatic nitrogens is 2. The first-order valence-corrected chi connectivity index (χ1v) is 8.38. The van der Waals surface area contributed by atoms with Gasteiger partial charge in [-0.2, -0.15) is 4.98 Å². The molecule has 134 valence electrons. The Balaban J connectivity index is 1.85. The van der Waals surface area contributed by atoms with E-state index in [0.29, 0.717) is 24.6 Å². The molecule has 25 heavy (non-hydrogen) atoms. The van der Waals surface area contributed by atoms with Crippen molar-refractivity contribution in [2.75, 3.05) is 49.3 Å². The lowest BCUT2D eigenvalue weighted by molar-refractivity contribution is 0.0955. The third kappa shape index (κ3) is 5.63. The minimum absolute atomic E-state index is 0.0935. The van der Waals surface area contributed by atoms with Gasteiger partial charge in [-0.1, -0.05) is 6.07 Å². The molecular formula is C18H26N6O. The average Bonchev–Trinajstić information content (AvgIpc) is 2.58. The van der Waals surface area contributed by atoms with Gasteiger partial charge in [-0.3, -0.25) is 4.79 Å². The van der Waals surface area contributed by atoms with Crippen molar-refractivity contribution in [3.8, 4) is 0 Å². The molecule has 7 heteroatoms. The summed E-state index contributed by atoms with van der Waals surface area (Å²) in [5.41, 5.74) is 2.53. The van der Waals surface area contributed by atoms with Crippen LogP contribution >= 0.6 is 0 Å². The Morgan fingerprint density at radius 2 is 1.92 bits per heavy atom. The molecule has 1 heterocycles. The minimum Gasteiger partial charge on any atom is -0.378 e. The normalized spacial score (nSPS) is 10.2. The van der Waals surface area contributed by atoms with Crippen LogP contribution in [0, 0.1) is 6.92 Å². The van der Waals surface area contributed by atoms with Crippen molar-refractivity contribution >= 4 is 23.4 Å².